The maximum atomic E-state index is 13.4. The SMILES string of the molecule is CCNC(=O)C(C)N(Cc1cccc(OC)c1)C(=O)CN(c1ccc(C)c(Cl)c1)S(C)(=O)=O. The van der Waals surface area contributed by atoms with Crippen LogP contribution in [0, 0.1) is 6.92 Å². The van der Waals surface area contributed by atoms with Crippen LogP contribution in [-0.4, -0.2) is 57.6 Å². The Balaban J connectivity index is 2.41. The molecule has 2 aromatic rings. The number of nitrogens with one attached hydrogen (secondary N) is 1. The van der Waals surface area contributed by atoms with Gasteiger partial charge in [-0.15, -0.1) is 0 Å². The number of carbonyl (C=O) groups excluding carboxylic acids is 2. The second kappa shape index (κ2) is 11.4. The Kier molecular flexibility index (Phi) is 9.13. The van der Waals surface area contributed by atoms with Crippen LogP contribution in [0.15, 0.2) is 42.5 Å². The molecule has 180 valence electrons. The van der Waals surface area contributed by atoms with E-state index in [0.29, 0.717) is 17.3 Å². The molecule has 10 heteroatoms. The summed E-state index contributed by atoms with van der Waals surface area (Å²) in [6, 6.07) is 11.1. The van der Waals surface area contributed by atoms with Crippen molar-refractivity contribution in [3.8, 4) is 5.75 Å². The van der Waals surface area contributed by atoms with Crippen molar-refractivity contribution in [2.75, 3.05) is 30.8 Å². The molecule has 0 fully saturated rings. The van der Waals surface area contributed by atoms with Gasteiger partial charge in [-0.25, -0.2) is 8.42 Å². The molecule has 8 nitrogen and oxygen atoms in total. The van der Waals surface area contributed by atoms with Crippen molar-refractivity contribution >= 4 is 39.1 Å². The molecule has 1 unspecified atom stereocenters. The van der Waals surface area contributed by atoms with Gasteiger partial charge in [-0.05, 0) is 56.2 Å². The van der Waals surface area contributed by atoms with Gasteiger partial charge in [0.2, 0.25) is 21.8 Å². The van der Waals surface area contributed by atoms with Gasteiger partial charge in [0.25, 0.3) is 0 Å². The number of nitrogens with zero attached hydrogens (tertiary/aromatic N) is 2. The Morgan fingerprint density at radius 1 is 1.18 bits per heavy atom. The smallest absolute Gasteiger partial charge is 0.244 e. The first-order valence-corrected chi connectivity index (χ1v) is 12.6. The number of hydrogen-bond acceptors (Lipinski definition) is 5. The van der Waals surface area contributed by atoms with Crippen molar-refractivity contribution in [3.05, 3.63) is 58.6 Å². The van der Waals surface area contributed by atoms with E-state index in [1.54, 1.807) is 57.2 Å². The van der Waals surface area contributed by atoms with Gasteiger partial charge in [-0.2, -0.15) is 0 Å². The molecule has 0 radical (unpaired) electrons. The Morgan fingerprint density at radius 2 is 1.88 bits per heavy atom. The molecule has 1 atom stereocenters. The Bertz CT molecular complexity index is 1110. The van der Waals surface area contributed by atoms with Crippen LogP contribution in [0.4, 0.5) is 5.69 Å². The third kappa shape index (κ3) is 7.10. The average molecular weight is 496 g/mol. The van der Waals surface area contributed by atoms with Gasteiger partial charge in [-0.3, -0.25) is 13.9 Å². The molecule has 0 aromatic heterocycles. The molecular weight excluding hydrogens is 466 g/mol. The second-order valence-electron chi connectivity index (χ2n) is 7.65. The molecule has 0 saturated heterocycles. The molecule has 0 aliphatic carbocycles. The summed E-state index contributed by atoms with van der Waals surface area (Å²) in [5.74, 6) is -0.255. The highest BCUT2D eigenvalue weighted by atomic mass is 35.5. The number of rotatable bonds is 10. The van der Waals surface area contributed by atoms with E-state index in [0.717, 1.165) is 21.7 Å². The predicted octanol–water partition coefficient (Wildman–Crippen LogP) is 2.98. The summed E-state index contributed by atoms with van der Waals surface area (Å²) >= 11 is 6.19. The van der Waals surface area contributed by atoms with E-state index in [4.69, 9.17) is 16.3 Å². The molecule has 0 saturated carbocycles. The highest BCUT2D eigenvalue weighted by Crippen LogP contribution is 2.25. The van der Waals surface area contributed by atoms with E-state index in [2.05, 4.69) is 5.32 Å². The van der Waals surface area contributed by atoms with E-state index in [9.17, 15) is 18.0 Å². The minimum Gasteiger partial charge on any atom is -0.497 e. The molecule has 33 heavy (non-hydrogen) atoms. The molecular formula is C23H30ClN3O5S. The average Bonchev–Trinajstić information content (AvgIpc) is 2.76. The van der Waals surface area contributed by atoms with Crippen LogP contribution in [0.25, 0.3) is 0 Å². The number of anilines is 1. The molecule has 0 aliphatic rings. The van der Waals surface area contributed by atoms with Gasteiger partial charge >= 0.3 is 0 Å². The molecule has 0 spiro atoms. The van der Waals surface area contributed by atoms with Crippen LogP contribution in [-0.2, 0) is 26.2 Å². The lowest BCUT2D eigenvalue weighted by Gasteiger charge is -2.31. The second-order valence-corrected chi connectivity index (χ2v) is 9.96. The first-order valence-electron chi connectivity index (χ1n) is 10.4. The highest BCUT2D eigenvalue weighted by molar-refractivity contribution is 7.92. The maximum Gasteiger partial charge on any atom is 0.244 e. The summed E-state index contributed by atoms with van der Waals surface area (Å²) in [7, 11) is -2.27. The lowest BCUT2D eigenvalue weighted by molar-refractivity contribution is -0.139. The van der Waals surface area contributed by atoms with E-state index in [1.165, 1.54) is 18.1 Å². The van der Waals surface area contributed by atoms with Crippen molar-refractivity contribution in [3.63, 3.8) is 0 Å². The summed E-state index contributed by atoms with van der Waals surface area (Å²) in [4.78, 5) is 27.3. The van der Waals surface area contributed by atoms with Crippen molar-refractivity contribution in [2.24, 2.45) is 0 Å². The fourth-order valence-electron chi connectivity index (χ4n) is 3.22. The summed E-state index contributed by atoms with van der Waals surface area (Å²) < 4.78 is 31.3. The Labute approximate surface area is 200 Å². The number of carbonyl (C=O) groups is 2. The zero-order valence-electron chi connectivity index (χ0n) is 19.5. The zero-order chi connectivity index (χ0) is 24.8. The van der Waals surface area contributed by atoms with Crippen LogP contribution in [0.2, 0.25) is 5.02 Å². The number of halogens is 1. The van der Waals surface area contributed by atoms with Crippen LogP contribution in [0.3, 0.4) is 0 Å². The van der Waals surface area contributed by atoms with Crippen LogP contribution >= 0.6 is 11.6 Å². The third-order valence-electron chi connectivity index (χ3n) is 5.13. The summed E-state index contributed by atoms with van der Waals surface area (Å²) in [5, 5.41) is 3.10. The molecule has 0 bridgehead atoms. The quantitative estimate of drug-likeness (QED) is 0.546. The Morgan fingerprint density at radius 3 is 2.45 bits per heavy atom. The largest absolute Gasteiger partial charge is 0.497 e. The third-order valence-corrected chi connectivity index (χ3v) is 6.68. The number of methoxy groups -OCH3 is 1. The first kappa shape index (κ1) is 26.5. The molecule has 0 heterocycles. The van der Waals surface area contributed by atoms with Crippen LogP contribution in [0.1, 0.15) is 25.0 Å². The van der Waals surface area contributed by atoms with Crippen molar-refractivity contribution < 1.29 is 22.7 Å². The topological polar surface area (TPSA) is 96.0 Å². The number of aryl methyl sites for hydroxylation is 1. The van der Waals surface area contributed by atoms with E-state index in [-0.39, 0.29) is 18.1 Å². The van der Waals surface area contributed by atoms with E-state index < -0.39 is 28.5 Å². The van der Waals surface area contributed by atoms with Crippen molar-refractivity contribution in [1.29, 1.82) is 0 Å². The van der Waals surface area contributed by atoms with Crippen molar-refractivity contribution in [2.45, 2.75) is 33.4 Å². The molecule has 0 aliphatic heterocycles. The number of benzene rings is 2. The lowest BCUT2D eigenvalue weighted by atomic mass is 10.1. The molecule has 1 N–H and O–H groups in total. The maximum absolute atomic E-state index is 13.4. The van der Waals surface area contributed by atoms with Crippen molar-refractivity contribution in [1.82, 2.24) is 10.2 Å². The number of amides is 2. The van der Waals surface area contributed by atoms with Gasteiger partial charge in [-0.1, -0.05) is 29.8 Å². The number of hydrogen-bond donors (Lipinski definition) is 1. The zero-order valence-corrected chi connectivity index (χ0v) is 21.0. The highest BCUT2D eigenvalue weighted by Gasteiger charge is 2.30. The Hall–Kier alpha value is -2.78. The fourth-order valence-corrected chi connectivity index (χ4v) is 4.24. The van der Waals surface area contributed by atoms with Crippen LogP contribution in [0.5, 0.6) is 5.75 Å². The molecule has 2 aromatic carbocycles. The lowest BCUT2D eigenvalue weighted by Crippen LogP contribution is -2.51. The van der Waals surface area contributed by atoms with Gasteiger partial charge < -0.3 is 15.0 Å². The molecule has 2 rings (SSSR count). The predicted molar refractivity (Wildman–Crippen MR) is 130 cm³/mol. The number of ether oxygens (including phenoxy) is 1. The van der Waals surface area contributed by atoms with Gasteiger partial charge in [0.1, 0.15) is 18.3 Å². The number of likely N-dealkylation sites (N-methyl/N-ethyl adjacent to an activating group) is 1. The summed E-state index contributed by atoms with van der Waals surface area (Å²) in [6.45, 7) is 5.21. The van der Waals surface area contributed by atoms with E-state index >= 15 is 0 Å². The molecule has 2 amide bonds. The summed E-state index contributed by atoms with van der Waals surface area (Å²) in [6.07, 6.45) is 1.02. The van der Waals surface area contributed by atoms with Crippen LogP contribution < -0.4 is 14.4 Å². The monoisotopic (exact) mass is 495 g/mol. The summed E-state index contributed by atoms with van der Waals surface area (Å²) in [5.41, 5.74) is 1.79. The standard InChI is InChI=1S/C23H30ClN3O5S/c1-6-25-23(29)17(3)26(14-18-8-7-9-20(12-18)32-4)22(28)15-27(33(5,30)31)19-11-10-16(2)21(24)13-19/h7-13,17H,6,14-15H2,1-5H3,(H,25,29). The minimum absolute atomic E-state index is 0.0978. The minimum atomic E-state index is -3.81. The first-order chi connectivity index (χ1) is 15.5. The van der Waals surface area contributed by atoms with Gasteiger partial charge in [0.15, 0.2) is 0 Å². The fraction of sp³-hybridized carbons (Fsp3) is 0.391. The van der Waals surface area contributed by atoms with Gasteiger partial charge in [0, 0.05) is 18.1 Å². The normalized spacial score (nSPS) is 12.1. The van der Waals surface area contributed by atoms with E-state index in [1.807, 2.05) is 0 Å². The van der Waals surface area contributed by atoms with Gasteiger partial charge in [0.05, 0.1) is 19.1 Å². The number of sulfonamides is 1.